The maximum absolute atomic E-state index is 11.9. The number of hydrogen-bond acceptors (Lipinski definition) is 6. The lowest BCUT2D eigenvalue weighted by molar-refractivity contribution is -0.384. The summed E-state index contributed by atoms with van der Waals surface area (Å²) in [7, 11) is 0. The van der Waals surface area contributed by atoms with E-state index in [1.807, 2.05) is 0 Å². The Labute approximate surface area is 162 Å². The summed E-state index contributed by atoms with van der Waals surface area (Å²) in [6.07, 6.45) is 1.32. The Morgan fingerprint density at radius 1 is 1.41 bits per heavy atom. The standard InChI is InChI=1S/C18H23ClN2O6/c1-6-7-13(20-17(23)27-18(3,4)5)10-26-15-9-12(11(2)22)8-14(16(15)19)21(24)25/h6,8-9,13H,1,7,10H2,2-5H3,(H,20,23)/t13-/m0/s1. The van der Waals surface area contributed by atoms with Crippen molar-refractivity contribution in [3.05, 3.63) is 45.5 Å². The molecule has 0 aliphatic heterocycles. The molecule has 9 heteroatoms. The van der Waals surface area contributed by atoms with Gasteiger partial charge in [-0.15, -0.1) is 6.58 Å². The molecule has 1 N–H and O–H groups in total. The average molecular weight is 399 g/mol. The van der Waals surface area contributed by atoms with Gasteiger partial charge in [-0.2, -0.15) is 0 Å². The van der Waals surface area contributed by atoms with E-state index in [2.05, 4.69) is 11.9 Å². The molecule has 0 fully saturated rings. The van der Waals surface area contributed by atoms with Crippen molar-refractivity contribution >= 4 is 29.2 Å². The first-order chi connectivity index (χ1) is 12.4. The van der Waals surface area contributed by atoms with Crippen molar-refractivity contribution in [1.29, 1.82) is 0 Å². The van der Waals surface area contributed by atoms with Crippen LogP contribution in [0.2, 0.25) is 5.02 Å². The van der Waals surface area contributed by atoms with Crippen LogP contribution in [0.5, 0.6) is 5.75 Å². The first-order valence-electron chi connectivity index (χ1n) is 8.16. The van der Waals surface area contributed by atoms with Gasteiger partial charge < -0.3 is 14.8 Å². The highest BCUT2D eigenvalue weighted by molar-refractivity contribution is 6.34. The minimum atomic E-state index is -0.693. The number of carbonyl (C=O) groups excluding carboxylic acids is 2. The molecule has 0 heterocycles. The minimum absolute atomic E-state index is 0.0175. The number of nitro benzene ring substituents is 1. The number of amides is 1. The molecular weight excluding hydrogens is 376 g/mol. The van der Waals surface area contributed by atoms with Gasteiger partial charge in [-0.3, -0.25) is 14.9 Å². The molecule has 0 unspecified atom stereocenters. The summed E-state index contributed by atoms with van der Waals surface area (Å²) in [6, 6.07) is 1.92. The number of nitrogens with one attached hydrogen (secondary N) is 1. The lowest BCUT2D eigenvalue weighted by Gasteiger charge is -2.23. The van der Waals surface area contributed by atoms with Crippen LogP contribution in [0.3, 0.4) is 0 Å². The molecule has 1 aromatic rings. The molecule has 0 radical (unpaired) electrons. The number of rotatable bonds is 8. The molecule has 1 rings (SSSR count). The molecule has 0 aliphatic rings. The van der Waals surface area contributed by atoms with E-state index in [4.69, 9.17) is 21.1 Å². The van der Waals surface area contributed by atoms with Crippen molar-refractivity contribution < 1.29 is 24.0 Å². The van der Waals surface area contributed by atoms with Crippen LogP contribution < -0.4 is 10.1 Å². The molecule has 1 aromatic carbocycles. The molecule has 0 saturated carbocycles. The number of nitrogens with zero attached hydrogens (tertiary/aromatic N) is 1. The van der Waals surface area contributed by atoms with Gasteiger partial charge in [0.1, 0.15) is 18.0 Å². The van der Waals surface area contributed by atoms with Gasteiger partial charge in [-0.05, 0) is 40.2 Å². The van der Waals surface area contributed by atoms with Crippen LogP contribution in [0.4, 0.5) is 10.5 Å². The highest BCUT2D eigenvalue weighted by Gasteiger charge is 2.23. The topological polar surface area (TPSA) is 108 Å². The number of alkyl carbamates (subject to hydrolysis) is 1. The second-order valence-corrected chi connectivity index (χ2v) is 7.18. The van der Waals surface area contributed by atoms with E-state index in [1.54, 1.807) is 26.8 Å². The van der Waals surface area contributed by atoms with Crippen molar-refractivity contribution in [3.63, 3.8) is 0 Å². The molecule has 148 valence electrons. The molecule has 0 bridgehead atoms. The monoisotopic (exact) mass is 398 g/mol. The number of Topliss-reactive ketones (excluding diaryl/α,β-unsaturated/α-hetero) is 1. The summed E-state index contributed by atoms with van der Waals surface area (Å²) in [5, 5.41) is 13.6. The van der Waals surface area contributed by atoms with E-state index in [9.17, 15) is 19.7 Å². The zero-order valence-electron chi connectivity index (χ0n) is 15.7. The molecule has 0 saturated heterocycles. The summed E-state index contributed by atoms with van der Waals surface area (Å²) in [4.78, 5) is 34.0. The fraction of sp³-hybridized carbons (Fsp3) is 0.444. The molecule has 0 spiro atoms. The summed E-state index contributed by atoms with van der Waals surface area (Å²) in [6.45, 7) is 10.1. The number of ether oxygens (including phenoxy) is 2. The van der Waals surface area contributed by atoms with Crippen LogP contribution in [0, 0.1) is 10.1 Å². The molecule has 0 aromatic heterocycles. The fourth-order valence-electron chi connectivity index (χ4n) is 2.06. The Balaban J connectivity index is 2.97. The number of ketones is 1. The van der Waals surface area contributed by atoms with Crippen LogP contribution >= 0.6 is 11.6 Å². The third-order valence-electron chi connectivity index (χ3n) is 3.24. The smallest absolute Gasteiger partial charge is 0.408 e. The van der Waals surface area contributed by atoms with Gasteiger partial charge in [0.15, 0.2) is 10.8 Å². The van der Waals surface area contributed by atoms with Gasteiger partial charge in [0, 0.05) is 11.6 Å². The maximum Gasteiger partial charge on any atom is 0.408 e. The second kappa shape index (κ2) is 9.36. The van der Waals surface area contributed by atoms with Crippen LogP contribution in [0.25, 0.3) is 0 Å². The summed E-state index contributed by atoms with van der Waals surface area (Å²) in [5.41, 5.74) is -0.995. The maximum atomic E-state index is 11.9. The first-order valence-corrected chi connectivity index (χ1v) is 8.54. The van der Waals surface area contributed by atoms with E-state index < -0.39 is 28.3 Å². The van der Waals surface area contributed by atoms with Gasteiger partial charge in [0.25, 0.3) is 5.69 Å². The van der Waals surface area contributed by atoms with Gasteiger partial charge >= 0.3 is 6.09 Å². The molecule has 1 amide bonds. The quantitative estimate of drug-likeness (QED) is 0.302. The van der Waals surface area contributed by atoms with Crippen molar-refractivity contribution in [2.75, 3.05) is 6.61 Å². The van der Waals surface area contributed by atoms with E-state index in [0.717, 1.165) is 6.07 Å². The molecule has 0 aliphatic carbocycles. The highest BCUT2D eigenvalue weighted by atomic mass is 35.5. The van der Waals surface area contributed by atoms with Crippen LogP contribution in [-0.4, -0.2) is 35.0 Å². The minimum Gasteiger partial charge on any atom is -0.490 e. The van der Waals surface area contributed by atoms with Gasteiger partial charge in [-0.1, -0.05) is 17.7 Å². The Bertz CT molecular complexity index is 742. The Morgan fingerprint density at radius 3 is 2.52 bits per heavy atom. The van der Waals surface area contributed by atoms with Gasteiger partial charge in [0.05, 0.1) is 11.0 Å². The number of nitro groups is 1. The third kappa shape index (κ3) is 7.26. The molecule has 1 atom stereocenters. The SMILES string of the molecule is C=CC[C@@H](COc1cc(C(C)=O)cc([N+](=O)[O-])c1Cl)NC(=O)OC(C)(C)C. The van der Waals surface area contributed by atoms with E-state index in [0.29, 0.717) is 6.42 Å². The van der Waals surface area contributed by atoms with E-state index in [1.165, 1.54) is 13.0 Å². The number of carbonyl (C=O) groups is 2. The predicted molar refractivity (Wildman–Crippen MR) is 102 cm³/mol. The number of benzene rings is 1. The summed E-state index contributed by atoms with van der Waals surface area (Å²) >= 11 is 6.02. The largest absolute Gasteiger partial charge is 0.490 e. The van der Waals surface area contributed by atoms with E-state index >= 15 is 0 Å². The summed E-state index contributed by atoms with van der Waals surface area (Å²) < 4.78 is 10.7. The van der Waals surface area contributed by atoms with E-state index in [-0.39, 0.29) is 28.7 Å². The lowest BCUT2D eigenvalue weighted by Crippen LogP contribution is -2.41. The number of hydrogen-bond donors (Lipinski definition) is 1. The van der Waals surface area contributed by atoms with Crippen LogP contribution in [-0.2, 0) is 4.74 Å². The lowest BCUT2D eigenvalue weighted by atomic mass is 10.1. The van der Waals surface area contributed by atoms with Crippen molar-refractivity contribution in [2.24, 2.45) is 0 Å². The second-order valence-electron chi connectivity index (χ2n) is 6.80. The summed E-state index contributed by atoms with van der Waals surface area (Å²) in [5.74, 6) is -0.384. The molecule has 27 heavy (non-hydrogen) atoms. The van der Waals surface area contributed by atoms with Crippen molar-refractivity contribution in [2.45, 2.75) is 45.8 Å². The van der Waals surface area contributed by atoms with Gasteiger partial charge in [-0.25, -0.2) is 4.79 Å². The molecule has 8 nitrogen and oxygen atoms in total. The normalized spacial score (nSPS) is 12.0. The Morgan fingerprint density at radius 2 is 2.04 bits per heavy atom. The van der Waals surface area contributed by atoms with Crippen LogP contribution in [0.15, 0.2) is 24.8 Å². The van der Waals surface area contributed by atoms with Crippen molar-refractivity contribution in [1.82, 2.24) is 5.32 Å². The molecular formula is C18H23ClN2O6. The fourth-order valence-corrected chi connectivity index (χ4v) is 2.29. The number of halogens is 1. The van der Waals surface area contributed by atoms with Crippen LogP contribution in [0.1, 0.15) is 44.5 Å². The van der Waals surface area contributed by atoms with Crippen molar-refractivity contribution in [3.8, 4) is 5.75 Å². The first kappa shape index (κ1) is 22.4. The highest BCUT2D eigenvalue weighted by Crippen LogP contribution is 2.35. The third-order valence-corrected chi connectivity index (χ3v) is 3.62. The predicted octanol–water partition coefficient (Wildman–Crippen LogP) is 4.30. The zero-order valence-corrected chi connectivity index (χ0v) is 16.5. The Kier molecular flexibility index (Phi) is 7.78. The van der Waals surface area contributed by atoms with Gasteiger partial charge in [0.2, 0.25) is 0 Å². The Hall–Kier alpha value is -2.61. The zero-order chi connectivity index (χ0) is 20.8. The average Bonchev–Trinajstić information content (AvgIpc) is 2.51.